The standard InChI is InChI=1S/C5H6O2S/c1-2-5(3-4-5)8(6)7/h1H,3-4H2,(H,6,7). The number of hydrogen-bond donors (Lipinski definition) is 1. The third-order valence-corrected chi connectivity index (χ3v) is 2.50. The summed E-state index contributed by atoms with van der Waals surface area (Å²) < 4.78 is 18.1. The van der Waals surface area contributed by atoms with Crippen LogP contribution in [0.2, 0.25) is 0 Å². The molecule has 3 heteroatoms. The van der Waals surface area contributed by atoms with Gasteiger partial charge in [0.2, 0.25) is 0 Å². The Balaban J connectivity index is 2.71. The van der Waals surface area contributed by atoms with Crippen molar-refractivity contribution in [1.82, 2.24) is 0 Å². The Hall–Kier alpha value is -0.330. The van der Waals surface area contributed by atoms with Crippen LogP contribution in [-0.4, -0.2) is 13.5 Å². The van der Waals surface area contributed by atoms with Gasteiger partial charge in [-0.2, -0.15) is 0 Å². The van der Waals surface area contributed by atoms with Gasteiger partial charge in [0, 0.05) is 0 Å². The highest BCUT2D eigenvalue weighted by molar-refractivity contribution is 7.81. The number of rotatable bonds is 1. The molecule has 0 bridgehead atoms. The van der Waals surface area contributed by atoms with Crippen LogP contribution in [0.25, 0.3) is 0 Å². The maximum Gasteiger partial charge on any atom is 0.171 e. The molecule has 0 saturated heterocycles. The van der Waals surface area contributed by atoms with E-state index in [-0.39, 0.29) is 0 Å². The minimum Gasteiger partial charge on any atom is -0.305 e. The van der Waals surface area contributed by atoms with Crippen LogP contribution in [0.1, 0.15) is 12.8 Å². The molecule has 1 saturated carbocycles. The van der Waals surface area contributed by atoms with Crippen molar-refractivity contribution in [3.63, 3.8) is 0 Å². The zero-order valence-corrected chi connectivity index (χ0v) is 5.07. The molecule has 0 aromatic rings. The first-order chi connectivity index (χ1) is 3.71. The van der Waals surface area contributed by atoms with Crippen molar-refractivity contribution >= 4 is 11.1 Å². The Kier molecular flexibility index (Phi) is 1.14. The van der Waals surface area contributed by atoms with Gasteiger partial charge in [-0.05, 0) is 12.8 Å². The summed E-state index contributed by atoms with van der Waals surface area (Å²) >= 11 is -1.80. The third kappa shape index (κ3) is 0.662. The largest absolute Gasteiger partial charge is 0.305 e. The van der Waals surface area contributed by atoms with E-state index in [1.54, 1.807) is 0 Å². The molecule has 8 heavy (non-hydrogen) atoms. The molecule has 44 valence electrons. The van der Waals surface area contributed by atoms with E-state index in [1.165, 1.54) is 0 Å². The Morgan fingerprint density at radius 1 is 1.75 bits per heavy atom. The second kappa shape index (κ2) is 1.57. The van der Waals surface area contributed by atoms with Crippen molar-refractivity contribution in [2.45, 2.75) is 17.6 Å². The van der Waals surface area contributed by atoms with E-state index in [0.717, 1.165) is 0 Å². The Morgan fingerprint density at radius 2 is 2.25 bits per heavy atom. The first kappa shape index (κ1) is 5.80. The fraction of sp³-hybridized carbons (Fsp3) is 0.600. The van der Waals surface area contributed by atoms with Crippen molar-refractivity contribution in [1.29, 1.82) is 0 Å². The first-order valence-electron chi connectivity index (χ1n) is 2.30. The lowest BCUT2D eigenvalue weighted by molar-refractivity contribution is 0.556. The normalized spacial score (nSPS) is 26.0. The Bertz CT molecular complexity index is 164. The Morgan fingerprint density at radius 3 is 2.25 bits per heavy atom. The minimum absolute atomic E-state index is 0.653. The monoisotopic (exact) mass is 130 g/mol. The average Bonchev–Trinajstić information content (AvgIpc) is 2.44. The van der Waals surface area contributed by atoms with Gasteiger partial charge in [0.05, 0.1) is 0 Å². The molecule has 0 spiro atoms. The molecule has 1 N–H and O–H groups in total. The van der Waals surface area contributed by atoms with Crippen LogP contribution in [0.5, 0.6) is 0 Å². The lowest BCUT2D eigenvalue weighted by Crippen LogP contribution is -2.11. The van der Waals surface area contributed by atoms with E-state index < -0.39 is 15.8 Å². The molecule has 1 aliphatic rings. The van der Waals surface area contributed by atoms with E-state index in [9.17, 15) is 4.21 Å². The minimum atomic E-state index is -1.80. The molecule has 1 atom stereocenters. The van der Waals surface area contributed by atoms with Crippen LogP contribution < -0.4 is 0 Å². The SMILES string of the molecule is C#CC1(S(=O)O)CC1. The molecular weight excluding hydrogens is 124 g/mol. The number of hydrogen-bond acceptors (Lipinski definition) is 1. The summed E-state index contributed by atoms with van der Waals surface area (Å²) in [6, 6.07) is 0. The lowest BCUT2D eigenvalue weighted by atomic mass is 10.4. The highest BCUT2D eigenvalue weighted by atomic mass is 32.2. The van der Waals surface area contributed by atoms with Crippen molar-refractivity contribution < 1.29 is 8.76 Å². The summed E-state index contributed by atoms with van der Waals surface area (Å²) in [4.78, 5) is 0. The summed E-state index contributed by atoms with van der Waals surface area (Å²) in [5.41, 5.74) is 0. The van der Waals surface area contributed by atoms with E-state index in [0.29, 0.717) is 12.8 Å². The maximum absolute atomic E-state index is 10.3. The summed E-state index contributed by atoms with van der Waals surface area (Å²) in [5, 5.41) is 0. The Labute approximate surface area is 50.6 Å². The average molecular weight is 130 g/mol. The van der Waals surface area contributed by atoms with Gasteiger partial charge in [0.25, 0.3) is 0 Å². The molecule has 0 aromatic heterocycles. The van der Waals surface area contributed by atoms with Gasteiger partial charge in [-0.25, -0.2) is 4.21 Å². The second-order valence-corrected chi connectivity index (χ2v) is 3.17. The van der Waals surface area contributed by atoms with Crippen LogP contribution in [-0.2, 0) is 11.1 Å². The predicted octanol–water partition coefficient (Wildman–Crippen LogP) is 0.374. The molecule has 0 aromatic carbocycles. The van der Waals surface area contributed by atoms with Crippen molar-refractivity contribution in [2.24, 2.45) is 0 Å². The molecule has 1 rings (SSSR count). The van der Waals surface area contributed by atoms with E-state index >= 15 is 0 Å². The fourth-order valence-corrected chi connectivity index (χ4v) is 1.04. The van der Waals surface area contributed by atoms with Gasteiger partial charge in [0.1, 0.15) is 4.75 Å². The molecule has 0 aliphatic heterocycles. The topological polar surface area (TPSA) is 37.3 Å². The van der Waals surface area contributed by atoms with Crippen molar-refractivity contribution in [3.8, 4) is 12.3 Å². The van der Waals surface area contributed by atoms with Gasteiger partial charge in [-0.1, -0.05) is 5.92 Å². The molecular formula is C5H6O2S. The van der Waals surface area contributed by atoms with E-state index in [1.807, 2.05) is 0 Å². The van der Waals surface area contributed by atoms with Gasteiger partial charge in [-0.3, -0.25) is 0 Å². The predicted molar refractivity (Wildman–Crippen MR) is 31.6 cm³/mol. The smallest absolute Gasteiger partial charge is 0.171 e. The highest BCUT2D eigenvalue weighted by Gasteiger charge is 2.47. The summed E-state index contributed by atoms with van der Waals surface area (Å²) in [6.07, 6.45) is 6.37. The van der Waals surface area contributed by atoms with Gasteiger partial charge in [-0.15, -0.1) is 6.42 Å². The molecule has 0 heterocycles. The van der Waals surface area contributed by atoms with Gasteiger partial charge >= 0.3 is 0 Å². The summed E-state index contributed by atoms with van der Waals surface area (Å²) in [5.74, 6) is 2.30. The molecule has 1 aliphatic carbocycles. The molecule has 0 amide bonds. The van der Waals surface area contributed by atoms with Crippen LogP contribution in [0.4, 0.5) is 0 Å². The lowest BCUT2D eigenvalue weighted by Gasteiger charge is -1.95. The van der Waals surface area contributed by atoms with E-state index in [2.05, 4.69) is 5.92 Å². The van der Waals surface area contributed by atoms with Crippen LogP contribution >= 0.6 is 0 Å². The fourth-order valence-electron chi connectivity index (χ4n) is 0.483. The van der Waals surface area contributed by atoms with Crippen molar-refractivity contribution in [2.75, 3.05) is 0 Å². The third-order valence-electron chi connectivity index (χ3n) is 1.30. The first-order valence-corrected chi connectivity index (χ1v) is 3.41. The van der Waals surface area contributed by atoms with Crippen LogP contribution in [0.15, 0.2) is 0 Å². The molecule has 1 unspecified atom stereocenters. The highest BCUT2D eigenvalue weighted by Crippen LogP contribution is 2.39. The zero-order chi connectivity index (χ0) is 6.20. The number of terminal acetylenes is 1. The quantitative estimate of drug-likeness (QED) is 0.411. The molecule has 2 nitrogen and oxygen atoms in total. The second-order valence-electron chi connectivity index (χ2n) is 1.89. The van der Waals surface area contributed by atoms with Gasteiger partial charge < -0.3 is 4.55 Å². The molecule has 1 fully saturated rings. The van der Waals surface area contributed by atoms with Gasteiger partial charge in [0.15, 0.2) is 11.1 Å². The van der Waals surface area contributed by atoms with E-state index in [4.69, 9.17) is 11.0 Å². The van der Waals surface area contributed by atoms with Crippen molar-refractivity contribution in [3.05, 3.63) is 0 Å². The van der Waals surface area contributed by atoms with Crippen LogP contribution in [0.3, 0.4) is 0 Å². The maximum atomic E-state index is 10.3. The summed E-state index contributed by atoms with van der Waals surface area (Å²) in [7, 11) is 0. The zero-order valence-electron chi connectivity index (χ0n) is 4.26. The summed E-state index contributed by atoms with van der Waals surface area (Å²) in [6.45, 7) is 0. The molecule has 0 radical (unpaired) electrons. The van der Waals surface area contributed by atoms with Crippen LogP contribution in [0, 0.1) is 12.3 Å².